The van der Waals surface area contributed by atoms with Gasteiger partial charge in [-0.2, -0.15) is 11.2 Å². The number of benzene rings is 1. The van der Waals surface area contributed by atoms with Crippen LogP contribution in [-0.4, -0.2) is 19.5 Å². The third-order valence-corrected chi connectivity index (χ3v) is 7.23. The van der Waals surface area contributed by atoms with Crippen LogP contribution >= 0.6 is 11.2 Å². The summed E-state index contributed by atoms with van der Waals surface area (Å²) in [5, 5.41) is 0. The Bertz CT molecular complexity index is 425. The van der Waals surface area contributed by atoms with E-state index in [2.05, 4.69) is 61.3 Å². The Morgan fingerprint density at radius 3 is 2.15 bits per heavy atom. The zero-order chi connectivity index (χ0) is 14.4. The molecule has 0 saturated heterocycles. The van der Waals surface area contributed by atoms with Gasteiger partial charge >= 0.3 is 0 Å². The minimum Gasteiger partial charge on any atom is -0.289 e. The molecule has 1 saturated carbocycles. The minimum atomic E-state index is -1.08. The molecule has 1 aromatic carbocycles. The van der Waals surface area contributed by atoms with Crippen LogP contribution in [-0.2, 0) is 0 Å². The summed E-state index contributed by atoms with van der Waals surface area (Å²) in [6, 6.07) is 9.48. The zero-order valence-electron chi connectivity index (χ0n) is 13.1. The molecule has 1 aliphatic carbocycles. The van der Waals surface area contributed by atoms with Crippen molar-refractivity contribution in [3.05, 3.63) is 29.8 Å². The van der Waals surface area contributed by atoms with Gasteiger partial charge in [0.05, 0.1) is 0 Å². The molecule has 0 radical (unpaired) electrons. The van der Waals surface area contributed by atoms with Gasteiger partial charge in [0.1, 0.15) is 7.22 Å². The van der Waals surface area contributed by atoms with Gasteiger partial charge in [-0.1, -0.05) is 57.5 Å². The van der Waals surface area contributed by atoms with E-state index in [-0.39, 0.29) is 0 Å². The van der Waals surface area contributed by atoms with Gasteiger partial charge in [0.2, 0.25) is 0 Å². The second kappa shape index (κ2) is 7.46. The third kappa shape index (κ3) is 5.84. The number of hydrogen-bond donors (Lipinski definition) is 0. The highest BCUT2D eigenvalue weighted by Crippen LogP contribution is 2.28. The first kappa shape index (κ1) is 15.8. The number of aliphatic imine (C=N–C) groups is 1. The van der Waals surface area contributed by atoms with E-state index in [1.54, 1.807) is 0 Å². The van der Waals surface area contributed by atoms with Crippen molar-refractivity contribution < 1.29 is 0 Å². The van der Waals surface area contributed by atoms with E-state index in [9.17, 15) is 0 Å². The van der Waals surface area contributed by atoms with E-state index in [1.807, 2.05) is 0 Å². The van der Waals surface area contributed by atoms with Crippen LogP contribution in [0.1, 0.15) is 44.1 Å². The molecule has 0 spiro atoms. The molecule has 0 unspecified atom stereocenters. The Morgan fingerprint density at radius 2 is 1.60 bits per heavy atom. The topological polar surface area (TPSA) is 12.4 Å². The van der Waals surface area contributed by atoms with Crippen LogP contribution in [0.15, 0.2) is 34.2 Å². The van der Waals surface area contributed by atoms with E-state index in [0.717, 1.165) is 0 Å². The Kier molecular flexibility index (Phi) is 5.91. The molecule has 1 aromatic rings. The molecule has 2 rings (SSSR count). The Labute approximate surface area is 128 Å². The molecule has 1 nitrogen and oxygen atoms in total. The lowest BCUT2D eigenvalue weighted by Gasteiger charge is -2.15. The molecule has 1 fully saturated rings. The Hall–Kier alpha value is -0.543. The lowest BCUT2D eigenvalue weighted by atomic mass is 10.1. The van der Waals surface area contributed by atoms with Crippen LogP contribution in [0, 0.1) is 0 Å². The van der Waals surface area contributed by atoms with E-state index in [1.165, 1.54) is 49.0 Å². The lowest BCUT2D eigenvalue weighted by Crippen LogP contribution is -2.13. The first-order valence-corrected chi connectivity index (χ1v) is 12.9. The van der Waals surface area contributed by atoms with Crippen LogP contribution in [0.3, 0.4) is 0 Å². The molecule has 0 aromatic heterocycles. The predicted octanol–water partition coefficient (Wildman–Crippen LogP) is 5.76. The zero-order valence-corrected chi connectivity index (χ0v) is 14.9. The third-order valence-electron chi connectivity index (χ3n) is 3.56. The highest BCUT2D eigenvalue weighted by atomic mass is 32.4. The summed E-state index contributed by atoms with van der Waals surface area (Å²) in [6.45, 7) is 7.16. The van der Waals surface area contributed by atoms with E-state index < -0.39 is 7.22 Å². The van der Waals surface area contributed by atoms with E-state index in [4.69, 9.17) is 4.99 Å². The van der Waals surface area contributed by atoms with Gasteiger partial charge in [-0.15, -0.1) is 0 Å². The van der Waals surface area contributed by atoms with Crippen molar-refractivity contribution in [2.24, 2.45) is 4.99 Å². The van der Waals surface area contributed by atoms with E-state index >= 15 is 0 Å². The summed E-state index contributed by atoms with van der Waals surface area (Å²) in [4.78, 5) is 6.19. The van der Waals surface area contributed by atoms with Crippen molar-refractivity contribution in [1.29, 1.82) is 0 Å². The molecular weight excluding hydrogens is 278 g/mol. The van der Waals surface area contributed by atoms with E-state index in [0.29, 0.717) is 6.04 Å². The average molecular weight is 306 g/mol. The second-order valence-corrected chi connectivity index (χ2v) is 15.9. The van der Waals surface area contributed by atoms with Crippen molar-refractivity contribution >= 4 is 24.6 Å². The molecular formula is C17H27NSSi. The van der Waals surface area contributed by atoms with Crippen LogP contribution in [0.5, 0.6) is 0 Å². The van der Waals surface area contributed by atoms with Gasteiger partial charge in [-0.25, -0.2) is 0 Å². The van der Waals surface area contributed by atoms with Gasteiger partial charge in [-0.05, 0) is 30.5 Å². The quantitative estimate of drug-likeness (QED) is 0.391. The first-order valence-electron chi connectivity index (χ1n) is 7.85. The molecule has 0 heterocycles. The van der Waals surface area contributed by atoms with Crippen LogP contribution in [0.2, 0.25) is 19.6 Å². The number of hydrogen-bond acceptors (Lipinski definition) is 2. The van der Waals surface area contributed by atoms with Crippen molar-refractivity contribution in [3.8, 4) is 0 Å². The fraction of sp³-hybridized carbons (Fsp3) is 0.588. The summed E-state index contributed by atoms with van der Waals surface area (Å²) in [5.74, 6) is 0. The fourth-order valence-electron chi connectivity index (χ4n) is 2.57. The normalized spacial score (nSPS) is 18.4. The summed E-state index contributed by atoms with van der Waals surface area (Å²) < 4.78 is 0. The fourth-order valence-corrected chi connectivity index (χ4v) is 6.08. The van der Waals surface area contributed by atoms with Gasteiger partial charge < -0.3 is 0 Å². The molecule has 0 amide bonds. The summed E-state index contributed by atoms with van der Waals surface area (Å²) in [6.07, 6.45) is 10.1. The summed E-state index contributed by atoms with van der Waals surface area (Å²) >= 11 is 2.05. The smallest absolute Gasteiger partial charge is 0.114 e. The molecule has 0 atom stereocenters. The first-order chi connectivity index (χ1) is 9.53. The van der Waals surface area contributed by atoms with Gasteiger partial charge in [0.15, 0.2) is 0 Å². The minimum absolute atomic E-state index is 0.563. The predicted molar refractivity (Wildman–Crippen MR) is 94.7 cm³/mol. The van der Waals surface area contributed by atoms with Crippen molar-refractivity contribution in [1.82, 2.24) is 0 Å². The summed E-state index contributed by atoms with van der Waals surface area (Å²) in [5.41, 5.74) is 1.24. The monoisotopic (exact) mass is 305 g/mol. The molecule has 0 N–H and O–H groups in total. The van der Waals surface area contributed by atoms with Crippen molar-refractivity contribution in [3.63, 3.8) is 0 Å². The maximum Gasteiger partial charge on any atom is 0.114 e. The van der Waals surface area contributed by atoms with Crippen LogP contribution < -0.4 is 0 Å². The van der Waals surface area contributed by atoms with Gasteiger partial charge in [-0.3, -0.25) is 4.99 Å². The number of rotatable bonds is 4. The Balaban J connectivity index is 1.92. The highest BCUT2D eigenvalue weighted by Gasteiger charge is 2.14. The maximum atomic E-state index is 4.79. The van der Waals surface area contributed by atoms with Crippen molar-refractivity contribution in [2.75, 3.05) is 0 Å². The molecule has 0 aliphatic heterocycles. The maximum absolute atomic E-state index is 4.79. The highest BCUT2D eigenvalue weighted by molar-refractivity contribution is 8.28. The summed E-state index contributed by atoms with van der Waals surface area (Å²) in [7, 11) is -1.08. The molecule has 0 bridgehead atoms. The second-order valence-electron chi connectivity index (χ2n) is 6.71. The Morgan fingerprint density at radius 1 is 1.00 bits per heavy atom. The lowest BCUT2D eigenvalue weighted by molar-refractivity contribution is 0.588. The van der Waals surface area contributed by atoms with Crippen LogP contribution in [0.4, 0.5) is 0 Å². The SMILES string of the molecule is C[Si](C)(C)Sc1ccc(/C=N/C2CCCCCC2)cc1. The van der Waals surface area contributed by atoms with Crippen molar-refractivity contribution in [2.45, 2.75) is 69.1 Å². The largest absolute Gasteiger partial charge is 0.289 e. The number of nitrogens with zero attached hydrogens (tertiary/aromatic N) is 1. The molecule has 110 valence electrons. The molecule has 3 heteroatoms. The average Bonchev–Trinajstić information content (AvgIpc) is 2.65. The molecule has 1 aliphatic rings. The van der Waals surface area contributed by atoms with Crippen LogP contribution in [0.25, 0.3) is 0 Å². The van der Waals surface area contributed by atoms with Gasteiger partial charge in [0, 0.05) is 17.2 Å². The standard InChI is InChI=1S/C17H27NSSi/c1-20(2,3)19-17-12-10-15(11-13-17)14-18-16-8-6-4-5-7-9-16/h10-14,16H,4-9H2,1-3H3/b18-14+. The molecule has 20 heavy (non-hydrogen) atoms. The van der Waals surface area contributed by atoms with Gasteiger partial charge in [0.25, 0.3) is 0 Å².